The number of nitrogens with one attached hydrogen (secondary N) is 1. The maximum atomic E-state index is 12.5. The van der Waals surface area contributed by atoms with E-state index >= 15 is 0 Å². The number of sulfonamides is 1. The van der Waals surface area contributed by atoms with Crippen molar-refractivity contribution < 1.29 is 17.9 Å². The van der Waals surface area contributed by atoms with Crippen molar-refractivity contribution in [3.05, 3.63) is 53.6 Å². The van der Waals surface area contributed by atoms with Gasteiger partial charge in [-0.05, 0) is 36.8 Å². The number of rotatable bonds is 5. The van der Waals surface area contributed by atoms with Crippen molar-refractivity contribution in [1.82, 2.24) is 4.31 Å². The molecule has 0 bridgehead atoms. The van der Waals surface area contributed by atoms with Gasteiger partial charge in [-0.25, -0.2) is 12.7 Å². The molecule has 1 N–H and O–H groups in total. The molecule has 2 aromatic rings. The Labute approximate surface area is 142 Å². The maximum absolute atomic E-state index is 12.5. The van der Waals surface area contributed by atoms with Crippen LogP contribution in [-0.2, 0) is 10.0 Å². The summed E-state index contributed by atoms with van der Waals surface area (Å²) < 4.78 is 31.0. The minimum Gasteiger partial charge on any atom is -0.495 e. The zero-order valence-electron chi connectivity index (χ0n) is 14.0. The van der Waals surface area contributed by atoms with Gasteiger partial charge in [-0.15, -0.1) is 0 Å². The largest absolute Gasteiger partial charge is 0.495 e. The fraction of sp³-hybridized carbons (Fsp3) is 0.235. The molecule has 0 aliphatic carbocycles. The fourth-order valence-corrected chi connectivity index (χ4v) is 3.20. The van der Waals surface area contributed by atoms with E-state index in [2.05, 4.69) is 5.32 Å². The lowest BCUT2D eigenvalue weighted by Crippen LogP contribution is -2.23. The molecule has 0 fully saturated rings. The lowest BCUT2D eigenvalue weighted by atomic mass is 10.1. The highest BCUT2D eigenvalue weighted by Crippen LogP contribution is 2.27. The summed E-state index contributed by atoms with van der Waals surface area (Å²) in [6, 6.07) is 11.7. The van der Waals surface area contributed by atoms with Gasteiger partial charge in [0.25, 0.3) is 5.91 Å². The third-order valence-electron chi connectivity index (χ3n) is 3.58. The zero-order valence-corrected chi connectivity index (χ0v) is 14.8. The Morgan fingerprint density at radius 1 is 1.12 bits per heavy atom. The first-order chi connectivity index (χ1) is 11.3. The third-order valence-corrected chi connectivity index (χ3v) is 5.41. The van der Waals surface area contributed by atoms with E-state index in [1.165, 1.54) is 39.4 Å². The number of anilines is 1. The lowest BCUT2D eigenvalue weighted by molar-refractivity contribution is 0.102. The predicted molar refractivity (Wildman–Crippen MR) is 93.0 cm³/mol. The molecule has 24 heavy (non-hydrogen) atoms. The van der Waals surface area contributed by atoms with Gasteiger partial charge >= 0.3 is 0 Å². The van der Waals surface area contributed by atoms with Gasteiger partial charge < -0.3 is 10.1 Å². The zero-order chi connectivity index (χ0) is 17.9. The smallest absolute Gasteiger partial charge is 0.255 e. The molecule has 2 rings (SSSR count). The van der Waals surface area contributed by atoms with Crippen LogP contribution in [0.4, 0.5) is 5.69 Å². The highest BCUT2D eigenvalue weighted by Gasteiger charge is 2.24. The molecule has 0 heterocycles. The first-order valence-electron chi connectivity index (χ1n) is 7.25. The van der Waals surface area contributed by atoms with E-state index in [4.69, 9.17) is 4.74 Å². The molecular formula is C17H20N2O4S. The number of hydrogen-bond acceptors (Lipinski definition) is 4. The number of carbonyl (C=O) groups is 1. The van der Waals surface area contributed by atoms with Crippen LogP contribution in [0, 0.1) is 6.92 Å². The maximum Gasteiger partial charge on any atom is 0.255 e. The van der Waals surface area contributed by atoms with Gasteiger partial charge in [0.2, 0.25) is 10.0 Å². The van der Waals surface area contributed by atoms with Crippen LogP contribution in [0.3, 0.4) is 0 Å². The van der Waals surface area contributed by atoms with Gasteiger partial charge in [-0.1, -0.05) is 18.2 Å². The third kappa shape index (κ3) is 3.58. The molecule has 0 aliphatic rings. The molecule has 0 aliphatic heterocycles. The molecule has 6 nitrogen and oxygen atoms in total. The van der Waals surface area contributed by atoms with E-state index in [0.29, 0.717) is 5.69 Å². The molecular weight excluding hydrogens is 328 g/mol. The summed E-state index contributed by atoms with van der Waals surface area (Å²) >= 11 is 0. The number of benzene rings is 2. The number of carbonyl (C=O) groups excluding carboxylic acids is 1. The van der Waals surface area contributed by atoms with Gasteiger partial charge in [-0.2, -0.15) is 0 Å². The average molecular weight is 348 g/mol. The van der Waals surface area contributed by atoms with E-state index < -0.39 is 10.0 Å². The van der Waals surface area contributed by atoms with Crippen molar-refractivity contribution in [1.29, 1.82) is 0 Å². The van der Waals surface area contributed by atoms with Gasteiger partial charge in [0.1, 0.15) is 10.6 Å². The highest BCUT2D eigenvalue weighted by atomic mass is 32.2. The molecule has 0 radical (unpaired) electrons. The fourth-order valence-electron chi connectivity index (χ4n) is 2.12. The Balaban J connectivity index is 2.42. The number of aryl methyl sites for hydroxylation is 1. The monoisotopic (exact) mass is 348 g/mol. The second-order valence-electron chi connectivity index (χ2n) is 5.42. The summed E-state index contributed by atoms with van der Waals surface area (Å²) in [6.07, 6.45) is 0. The molecule has 0 spiro atoms. The van der Waals surface area contributed by atoms with Crippen molar-refractivity contribution in [2.75, 3.05) is 26.5 Å². The Morgan fingerprint density at radius 2 is 1.79 bits per heavy atom. The van der Waals surface area contributed by atoms with Crippen molar-refractivity contribution in [2.45, 2.75) is 11.8 Å². The van der Waals surface area contributed by atoms with Crippen LogP contribution in [0.1, 0.15) is 15.9 Å². The number of methoxy groups -OCH3 is 1. The molecule has 0 saturated carbocycles. The highest BCUT2D eigenvalue weighted by molar-refractivity contribution is 7.89. The van der Waals surface area contributed by atoms with Gasteiger partial charge in [0, 0.05) is 25.3 Å². The molecule has 0 atom stereocenters. The van der Waals surface area contributed by atoms with Crippen molar-refractivity contribution in [3.63, 3.8) is 0 Å². The molecule has 7 heteroatoms. The summed E-state index contributed by atoms with van der Waals surface area (Å²) in [5.74, 6) is -0.196. The minimum atomic E-state index is -3.73. The lowest BCUT2D eigenvalue weighted by Gasteiger charge is -2.15. The molecule has 0 unspecified atom stereocenters. The summed E-state index contributed by atoms with van der Waals surface area (Å²) in [5.41, 5.74) is 1.83. The molecule has 128 valence electrons. The number of hydrogen-bond donors (Lipinski definition) is 1. The number of para-hydroxylation sites is 1. The van der Waals surface area contributed by atoms with E-state index in [0.717, 1.165) is 9.87 Å². The standard InChI is InChI=1S/C17H20N2O4S/c1-12-7-5-6-8-14(12)18-17(20)13-9-10-15(23-4)16(11-13)24(21,22)19(2)3/h5-11H,1-4H3,(H,18,20). The Kier molecular flexibility index (Phi) is 5.26. The molecule has 0 aromatic heterocycles. The second-order valence-corrected chi connectivity index (χ2v) is 7.54. The Hall–Kier alpha value is -2.38. The van der Waals surface area contributed by atoms with Crippen molar-refractivity contribution in [3.8, 4) is 5.75 Å². The SMILES string of the molecule is COc1ccc(C(=O)Nc2ccccc2C)cc1S(=O)(=O)N(C)C. The predicted octanol–water partition coefficient (Wildman–Crippen LogP) is 2.51. The summed E-state index contributed by atoms with van der Waals surface area (Å²) in [7, 11) is 0.509. The quantitative estimate of drug-likeness (QED) is 0.901. The summed E-state index contributed by atoms with van der Waals surface area (Å²) in [4.78, 5) is 12.4. The van der Waals surface area contributed by atoms with E-state index in [1.807, 2.05) is 25.1 Å². The number of amides is 1. The van der Waals surface area contributed by atoms with Crippen LogP contribution in [0.15, 0.2) is 47.4 Å². The minimum absolute atomic E-state index is 0.0487. The van der Waals surface area contributed by atoms with Crippen LogP contribution in [0.25, 0.3) is 0 Å². The number of nitrogens with zero attached hydrogens (tertiary/aromatic N) is 1. The topological polar surface area (TPSA) is 75.7 Å². The Bertz CT molecular complexity index is 861. The average Bonchev–Trinajstić information content (AvgIpc) is 2.56. The van der Waals surface area contributed by atoms with Crippen molar-refractivity contribution >= 4 is 21.6 Å². The molecule has 0 saturated heterocycles. The van der Waals surface area contributed by atoms with E-state index in [9.17, 15) is 13.2 Å². The van der Waals surface area contributed by atoms with Gasteiger partial charge in [0.15, 0.2) is 0 Å². The van der Waals surface area contributed by atoms with Crippen LogP contribution < -0.4 is 10.1 Å². The van der Waals surface area contributed by atoms with Crippen LogP contribution in [0.2, 0.25) is 0 Å². The molecule has 1 amide bonds. The molecule has 2 aromatic carbocycles. The van der Waals surface area contributed by atoms with E-state index in [1.54, 1.807) is 6.07 Å². The van der Waals surface area contributed by atoms with Crippen LogP contribution in [-0.4, -0.2) is 39.8 Å². The van der Waals surface area contributed by atoms with Crippen LogP contribution >= 0.6 is 0 Å². The Morgan fingerprint density at radius 3 is 2.38 bits per heavy atom. The van der Waals surface area contributed by atoms with Crippen molar-refractivity contribution in [2.24, 2.45) is 0 Å². The summed E-state index contributed by atoms with van der Waals surface area (Å²) in [5, 5.41) is 2.78. The van der Waals surface area contributed by atoms with E-state index in [-0.39, 0.29) is 22.1 Å². The normalized spacial score (nSPS) is 11.4. The van der Waals surface area contributed by atoms with Crippen LogP contribution in [0.5, 0.6) is 5.75 Å². The van der Waals surface area contributed by atoms with Gasteiger partial charge in [-0.3, -0.25) is 4.79 Å². The number of ether oxygens (including phenoxy) is 1. The van der Waals surface area contributed by atoms with Gasteiger partial charge in [0.05, 0.1) is 7.11 Å². The second kappa shape index (κ2) is 7.02. The first-order valence-corrected chi connectivity index (χ1v) is 8.69. The summed E-state index contributed by atoms with van der Waals surface area (Å²) in [6.45, 7) is 1.88. The first kappa shape index (κ1) is 18.0.